The predicted octanol–water partition coefficient (Wildman–Crippen LogP) is 0.521. The molecule has 0 saturated carbocycles. The van der Waals surface area contributed by atoms with Crippen LogP contribution in [0.15, 0.2) is 6.07 Å². The lowest BCUT2D eigenvalue weighted by molar-refractivity contribution is -0.141. The highest BCUT2D eigenvalue weighted by Gasteiger charge is 2.20. The number of nitrogens with zero attached hydrogens (tertiary/aromatic N) is 3. The van der Waals surface area contributed by atoms with E-state index in [9.17, 15) is 9.59 Å². The quantitative estimate of drug-likeness (QED) is 0.831. The van der Waals surface area contributed by atoms with Crippen LogP contribution >= 0.6 is 0 Å². The third-order valence-electron chi connectivity index (χ3n) is 2.54. The van der Waals surface area contributed by atoms with Gasteiger partial charge >= 0.3 is 5.97 Å². The van der Waals surface area contributed by atoms with Crippen molar-refractivity contribution in [1.82, 2.24) is 14.7 Å². The number of amides is 1. The van der Waals surface area contributed by atoms with Gasteiger partial charge in [0.2, 0.25) is 0 Å². The van der Waals surface area contributed by atoms with Crippen LogP contribution in [0.4, 0.5) is 0 Å². The van der Waals surface area contributed by atoms with E-state index in [-0.39, 0.29) is 12.5 Å². The molecule has 6 heteroatoms. The number of aryl methyl sites for hydroxylation is 2. The summed E-state index contributed by atoms with van der Waals surface area (Å²) in [6.45, 7) is 3.55. The number of aromatic nitrogens is 2. The van der Waals surface area contributed by atoms with Gasteiger partial charge in [-0.05, 0) is 13.0 Å². The number of hydrogen-bond acceptors (Lipinski definition) is 3. The number of aliphatic carboxylic acids is 1. The highest BCUT2D eigenvalue weighted by atomic mass is 16.4. The maximum absolute atomic E-state index is 12.0. The van der Waals surface area contributed by atoms with E-state index in [0.29, 0.717) is 5.69 Å². The fourth-order valence-corrected chi connectivity index (χ4v) is 1.58. The molecule has 1 aromatic heterocycles. The molecule has 0 aromatic carbocycles. The molecule has 6 nitrogen and oxygen atoms in total. The first-order valence-electron chi connectivity index (χ1n) is 5.31. The summed E-state index contributed by atoms with van der Waals surface area (Å²) in [4.78, 5) is 24.1. The van der Waals surface area contributed by atoms with Crippen LogP contribution in [0.3, 0.4) is 0 Å². The average Bonchev–Trinajstić information content (AvgIpc) is 2.56. The Bertz CT molecular complexity index is 439. The summed E-state index contributed by atoms with van der Waals surface area (Å²) in [6.07, 6.45) is 0. The van der Waals surface area contributed by atoms with Crippen LogP contribution in [0, 0.1) is 12.8 Å². The number of carbonyl (C=O) groups excluding carboxylic acids is 1. The monoisotopic (exact) mass is 239 g/mol. The number of hydrogen-bond donors (Lipinski definition) is 1. The van der Waals surface area contributed by atoms with Gasteiger partial charge in [0.25, 0.3) is 5.91 Å². The van der Waals surface area contributed by atoms with E-state index < -0.39 is 11.9 Å². The maximum Gasteiger partial charge on any atom is 0.308 e. The minimum Gasteiger partial charge on any atom is -0.481 e. The van der Waals surface area contributed by atoms with Gasteiger partial charge in [0.05, 0.1) is 11.6 Å². The summed E-state index contributed by atoms with van der Waals surface area (Å²) in [5.74, 6) is -1.72. The van der Waals surface area contributed by atoms with E-state index in [1.165, 1.54) is 9.58 Å². The lowest BCUT2D eigenvalue weighted by Gasteiger charge is -2.19. The van der Waals surface area contributed by atoms with Crippen molar-refractivity contribution in [1.29, 1.82) is 0 Å². The molecule has 1 atom stereocenters. The Labute approximate surface area is 99.8 Å². The van der Waals surface area contributed by atoms with Crippen molar-refractivity contribution < 1.29 is 14.7 Å². The van der Waals surface area contributed by atoms with Crippen molar-refractivity contribution >= 4 is 11.9 Å². The predicted molar refractivity (Wildman–Crippen MR) is 61.7 cm³/mol. The van der Waals surface area contributed by atoms with Gasteiger partial charge in [-0.25, -0.2) is 0 Å². The second-order valence-corrected chi connectivity index (χ2v) is 4.22. The second-order valence-electron chi connectivity index (χ2n) is 4.22. The standard InChI is InChI=1S/C11H17N3O3/c1-7(11(16)17)6-13(3)10(15)9-5-8(2)12-14(9)4/h5,7H,6H2,1-4H3,(H,16,17). The van der Waals surface area contributed by atoms with Gasteiger partial charge in [0.1, 0.15) is 5.69 Å². The summed E-state index contributed by atoms with van der Waals surface area (Å²) in [5, 5.41) is 12.9. The topological polar surface area (TPSA) is 75.4 Å². The average molecular weight is 239 g/mol. The zero-order valence-electron chi connectivity index (χ0n) is 10.5. The smallest absolute Gasteiger partial charge is 0.308 e. The van der Waals surface area contributed by atoms with Crippen molar-refractivity contribution in [3.63, 3.8) is 0 Å². The molecule has 1 N–H and O–H groups in total. The van der Waals surface area contributed by atoms with Crippen LogP contribution in [0.5, 0.6) is 0 Å². The summed E-state index contributed by atoms with van der Waals surface area (Å²) >= 11 is 0. The molecule has 0 spiro atoms. The molecule has 94 valence electrons. The van der Waals surface area contributed by atoms with E-state index >= 15 is 0 Å². The number of rotatable bonds is 4. The van der Waals surface area contributed by atoms with Crippen LogP contribution < -0.4 is 0 Å². The second kappa shape index (κ2) is 4.99. The SMILES string of the molecule is Cc1cc(C(=O)N(C)CC(C)C(=O)O)n(C)n1. The molecule has 0 saturated heterocycles. The Morgan fingerprint density at radius 2 is 2.18 bits per heavy atom. The molecule has 1 rings (SSSR count). The number of carboxylic acids is 1. The van der Waals surface area contributed by atoms with Gasteiger partial charge in [-0.15, -0.1) is 0 Å². The van der Waals surface area contributed by atoms with Crippen LogP contribution in [0.2, 0.25) is 0 Å². The highest BCUT2D eigenvalue weighted by molar-refractivity contribution is 5.92. The van der Waals surface area contributed by atoms with Gasteiger partial charge < -0.3 is 10.0 Å². The summed E-state index contributed by atoms with van der Waals surface area (Å²) in [7, 11) is 3.28. The molecule has 17 heavy (non-hydrogen) atoms. The van der Waals surface area contributed by atoms with Gasteiger partial charge in [-0.1, -0.05) is 6.92 Å². The summed E-state index contributed by atoms with van der Waals surface area (Å²) < 4.78 is 1.50. The lowest BCUT2D eigenvalue weighted by Crippen LogP contribution is -2.34. The third kappa shape index (κ3) is 3.05. The Hall–Kier alpha value is -1.85. The fraction of sp³-hybridized carbons (Fsp3) is 0.545. The molecule has 0 aliphatic rings. The number of carboxylic acid groups (broad SMARTS) is 1. The Morgan fingerprint density at radius 1 is 1.59 bits per heavy atom. The molecule has 1 amide bonds. The molecule has 0 fully saturated rings. The molecule has 0 aliphatic carbocycles. The Morgan fingerprint density at radius 3 is 2.59 bits per heavy atom. The normalized spacial score (nSPS) is 12.2. The van der Waals surface area contributed by atoms with Crippen molar-refractivity contribution in [2.75, 3.05) is 13.6 Å². The zero-order valence-corrected chi connectivity index (χ0v) is 10.5. The van der Waals surface area contributed by atoms with E-state index in [1.807, 2.05) is 0 Å². The Balaban J connectivity index is 2.77. The third-order valence-corrected chi connectivity index (χ3v) is 2.54. The number of carbonyl (C=O) groups is 2. The summed E-state index contributed by atoms with van der Waals surface area (Å²) in [5.41, 5.74) is 1.22. The molecule has 0 aliphatic heterocycles. The largest absolute Gasteiger partial charge is 0.481 e. The van der Waals surface area contributed by atoms with Crippen molar-refractivity contribution in [2.24, 2.45) is 13.0 Å². The fourth-order valence-electron chi connectivity index (χ4n) is 1.58. The van der Waals surface area contributed by atoms with E-state index in [4.69, 9.17) is 5.11 Å². The van der Waals surface area contributed by atoms with Crippen molar-refractivity contribution in [2.45, 2.75) is 13.8 Å². The molecule has 1 aromatic rings. The molecular weight excluding hydrogens is 222 g/mol. The minimum absolute atomic E-state index is 0.179. The maximum atomic E-state index is 12.0. The van der Waals surface area contributed by atoms with E-state index in [1.54, 1.807) is 34.0 Å². The van der Waals surface area contributed by atoms with Gasteiger partial charge in [-0.3, -0.25) is 14.3 Å². The van der Waals surface area contributed by atoms with Crippen LogP contribution in [-0.2, 0) is 11.8 Å². The molecule has 1 unspecified atom stereocenters. The van der Waals surface area contributed by atoms with Gasteiger partial charge in [0.15, 0.2) is 0 Å². The van der Waals surface area contributed by atoms with Gasteiger partial charge in [0, 0.05) is 20.6 Å². The first kappa shape index (κ1) is 13.2. The first-order chi connectivity index (χ1) is 7.82. The Kier molecular flexibility index (Phi) is 3.88. The lowest BCUT2D eigenvalue weighted by atomic mass is 10.1. The molecule has 1 heterocycles. The summed E-state index contributed by atoms with van der Waals surface area (Å²) in [6, 6.07) is 1.68. The van der Waals surface area contributed by atoms with Crippen molar-refractivity contribution in [3.05, 3.63) is 17.5 Å². The van der Waals surface area contributed by atoms with Crippen molar-refractivity contribution in [3.8, 4) is 0 Å². The van der Waals surface area contributed by atoms with Crippen LogP contribution in [0.1, 0.15) is 23.1 Å². The van der Waals surface area contributed by atoms with E-state index in [0.717, 1.165) is 5.69 Å². The minimum atomic E-state index is -0.911. The van der Waals surface area contributed by atoms with Crippen LogP contribution in [-0.4, -0.2) is 45.3 Å². The van der Waals surface area contributed by atoms with E-state index in [2.05, 4.69) is 5.10 Å². The molecule has 0 radical (unpaired) electrons. The van der Waals surface area contributed by atoms with Crippen LogP contribution in [0.25, 0.3) is 0 Å². The molecular formula is C11H17N3O3. The highest BCUT2D eigenvalue weighted by Crippen LogP contribution is 2.07. The van der Waals surface area contributed by atoms with Gasteiger partial charge in [-0.2, -0.15) is 5.10 Å². The first-order valence-corrected chi connectivity index (χ1v) is 5.31. The molecule has 0 bridgehead atoms. The zero-order chi connectivity index (χ0) is 13.2.